The summed E-state index contributed by atoms with van der Waals surface area (Å²) >= 11 is 0. The van der Waals surface area contributed by atoms with Crippen molar-refractivity contribution in [1.82, 2.24) is 0 Å². The van der Waals surface area contributed by atoms with Crippen LogP contribution in [0.25, 0.3) is 0 Å². The molecule has 0 aromatic heterocycles. The van der Waals surface area contributed by atoms with Crippen LogP contribution in [0.1, 0.15) is 19.8 Å². The molecule has 0 fully saturated rings. The molecule has 62 valence electrons. The number of esters is 1. The molecule has 1 aliphatic heterocycles. The van der Waals surface area contributed by atoms with Gasteiger partial charge in [0.05, 0.1) is 6.61 Å². The number of hydrogen-bond donors (Lipinski definition) is 0. The molecule has 4 heteroatoms. The SMILES string of the molecule is CCCOC(=O)C1=NOCC1. The van der Waals surface area contributed by atoms with E-state index in [1.54, 1.807) is 0 Å². The largest absolute Gasteiger partial charge is 0.461 e. The summed E-state index contributed by atoms with van der Waals surface area (Å²) in [6.45, 7) is 2.90. The van der Waals surface area contributed by atoms with Crippen LogP contribution < -0.4 is 0 Å². The first-order valence-electron chi connectivity index (χ1n) is 3.70. The second-order valence-corrected chi connectivity index (χ2v) is 2.26. The Hall–Kier alpha value is -1.06. The van der Waals surface area contributed by atoms with Gasteiger partial charge >= 0.3 is 5.97 Å². The summed E-state index contributed by atoms with van der Waals surface area (Å²) in [5.41, 5.74) is 0.401. The highest BCUT2D eigenvalue weighted by Crippen LogP contribution is 2.01. The van der Waals surface area contributed by atoms with Gasteiger partial charge < -0.3 is 9.57 Å². The Kier molecular flexibility index (Phi) is 2.89. The highest BCUT2D eigenvalue weighted by Gasteiger charge is 2.17. The minimum absolute atomic E-state index is 0.343. The zero-order valence-electron chi connectivity index (χ0n) is 6.50. The molecule has 0 bridgehead atoms. The third-order valence-corrected chi connectivity index (χ3v) is 1.28. The Morgan fingerprint density at radius 1 is 1.82 bits per heavy atom. The van der Waals surface area contributed by atoms with Gasteiger partial charge in [0.1, 0.15) is 6.61 Å². The lowest BCUT2D eigenvalue weighted by Crippen LogP contribution is -2.16. The van der Waals surface area contributed by atoms with Gasteiger partial charge in [-0.25, -0.2) is 4.79 Å². The van der Waals surface area contributed by atoms with E-state index in [-0.39, 0.29) is 5.97 Å². The van der Waals surface area contributed by atoms with Crippen LogP contribution in [0, 0.1) is 0 Å². The number of hydrogen-bond acceptors (Lipinski definition) is 4. The molecule has 0 aromatic rings. The van der Waals surface area contributed by atoms with Crippen molar-refractivity contribution in [2.45, 2.75) is 19.8 Å². The Balaban J connectivity index is 2.29. The van der Waals surface area contributed by atoms with Crippen LogP contribution in [0.15, 0.2) is 5.16 Å². The highest BCUT2D eigenvalue weighted by atomic mass is 16.6. The van der Waals surface area contributed by atoms with E-state index in [0.29, 0.717) is 25.3 Å². The predicted octanol–water partition coefficient (Wildman–Crippen LogP) is 0.716. The molecule has 0 spiro atoms. The van der Waals surface area contributed by atoms with E-state index in [9.17, 15) is 4.79 Å². The Labute approximate surface area is 65.2 Å². The number of ether oxygens (including phenoxy) is 1. The van der Waals surface area contributed by atoms with Crippen molar-refractivity contribution in [3.8, 4) is 0 Å². The average molecular weight is 157 g/mol. The lowest BCUT2D eigenvalue weighted by molar-refractivity contribution is -0.135. The van der Waals surface area contributed by atoms with Crippen molar-refractivity contribution in [2.24, 2.45) is 5.16 Å². The molecule has 1 aliphatic rings. The summed E-state index contributed by atoms with van der Waals surface area (Å²) < 4.78 is 4.83. The molecule has 11 heavy (non-hydrogen) atoms. The lowest BCUT2D eigenvalue weighted by Gasteiger charge is -1.98. The predicted molar refractivity (Wildman–Crippen MR) is 39.3 cm³/mol. The van der Waals surface area contributed by atoms with Crippen LogP contribution in [-0.2, 0) is 14.4 Å². The molecular formula is C7H11NO3. The maximum atomic E-state index is 11.0. The molecular weight excluding hydrogens is 146 g/mol. The average Bonchev–Trinajstić information content (AvgIpc) is 2.52. The fraction of sp³-hybridized carbons (Fsp3) is 0.714. The van der Waals surface area contributed by atoms with E-state index in [4.69, 9.17) is 4.74 Å². The molecule has 0 radical (unpaired) electrons. The molecule has 1 heterocycles. The van der Waals surface area contributed by atoms with Gasteiger partial charge in [0.2, 0.25) is 0 Å². The van der Waals surface area contributed by atoms with Crippen LogP contribution in [-0.4, -0.2) is 24.9 Å². The van der Waals surface area contributed by atoms with E-state index < -0.39 is 0 Å². The Bertz CT molecular complexity index is 177. The summed E-state index contributed by atoms with van der Waals surface area (Å²) in [4.78, 5) is 15.6. The van der Waals surface area contributed by atoms with Gasteiger partial charge in [-0.05, 0) is 6.42 Å². The van der Waals surface area contributed by atoms with Crippen LogP contribution >= 0.6 is 0 Å². The minimum atomic E-state index is -0.343. The van der Waals surface area contributed by atoms with Crippen molar-refractivity contribution >= 4 is 11.7 Å². The second kappa shape index (κ2) is 3.95. The quantitative estimate of drug-likeness (QED) is 0.567. The molecule has 0 aromatic carbocycles. The maximum Gasteiger partial charge on any atom is 0.356 e. The summed E-state index contributed by atoms with van der Waals surface area (Å²) in [6.07, 6.45) is 1.41. The van der Waals surface area contributed by atoms with Crippen molar-refractivity contribution in [2.75, 3.05) is 13.2 Å². The summed E-state index contributed by atoms with van der Waals surface area (Å²) in [5.74, 6) is -0.343. The molecule has 0 unspecified atom stereocenters. The van der Waals surface area contributed by atoms with E-state index in [1.807, 2.05) is 6.92 Å². The molecule has 4 nitrogen and oxygen atoms in total. The molecule has 0 amide bonds. The Morgan fingerprint density at radius 3 is 3.18 bits per heavy atom. The summed E-state index contributed by atoms with van der Waals surface area (Å²) in [5, 5.41) is 3.53. The zero-order valence-corrected chi connectivity index (χ0v) is 6.50. The molecule has 0 saturated heterocycles. The van der Waals surface area contributed by atoms with Crippen molar-refractivity contribution in [3.05, 3.63) is 0 Å². The summed E-state index contributed by atoms with van der Waals surface area (Å²) in [7, 11) is 0. The zero-order chi connectivity index (χ0) is 8.10. The fourth-order valence-electron chi connectivity index (χ4n) is 0.729. The van der Waals surface area contributed by atoms with Gasteiger partial charge in [0, 0.05) is 6.42 Å². The summed E-state index contributed by atoms with van der Waals surface area (Å²) in [6, 6.07) is 0. The van der Waals surface area contributed by atoms with Crippen molar-refractivity contribution < 1.29 is 14.4 Å². The van der Waals surface area contributed by atoms with Gasteiger partial charge in [-0.15, -0.1) is 0 Å². The first-order valence-corrected chi connectivity index (χ1v) is 3.70. The first-order chi connectivity index (χ1) is 5.34. The molecule has 0 aliphatic carbocycles. The highest BCUT2D eigenvalue weighted by molar-refractivity contribution is 6.36. The minimum Gasteiger partial charge on any atom is -0.461 e. The van der Waals surface area contributed by atoms with Gasteiger partial charge in [0.25, 0.3) is 0 Å². The van der Waals surface area contributed by atoms with Crippen molar-refractivity contribution in [3.63, 3.8) is 0 Å². The first kappa shape index (κ1) is 8.04. The standard InChI is InChI=1S/C7H11NO3/c1-2-4-10-7(9)6-3-5-11-8-6/h2-5H2,1H3. The van der Waals surface area contributed by atoms with E-state index in [0.717, 1.165) is 6.42 Å². The fourth-order valence-corrected chi connectivity index (χ4v) is 0.729. The molecule has 0 saturated carbocycles. The van der Waals surface area contributed by atoms with Crippen LogP contribution in [0.5, 0.6) is 0 Å². The van der Waals surface area contributed by atoms with Crippen LogP contribution in [0.4, 0.5) is 0 Å². The number of carbonyl (C=O) groups is 1. The van der Waals surface area contributed by atoms with Crippen LogP contribution in [0.2, 0.25) is 0 Å². The number of oxime groups is 1. The number of carbonyl (C=O) groups excluding carboxylic acids is 1. The van der Waals surface area contributed by atoms with Crippen molar-refractivity contribution in [1.29, 1.82) is 0 Å². The maximum absolute atomic E-state index is 11.0. The monoisotopic (exact) mass is 157 g/mol. The Morgan fingerprint density at radius 2 is 2.64 bits per heavy atom. The lowest BCUT2D eigenvalue weighted by atomic mass is 10.3. The van der Waals surface area contributed by atoms with Crippen LogP contribution in [0.3, 0.4) is 0 Å². The van der Waals surface area contributed by atoms with Gasteiger partial charge in [-0.2, -0.15) is 0 Å². The van der Waals surface area contributed by atoms with Gasteiger partial charge in [-0.1, -0.05) is 12.1 Å². The smallest absolute Gasteiger partial charge is 0.356 e. The topological polar surface area (TPSA) is 47.9 Å². The van der Waals surface area contributed by atoms with E-state index >= 15 is 0 Å². The van der Waals surface area contributed by atoms with Gasteiger partial charge in [-0.3, -0.25) is 0 Å². The molecule has 0 atom stereocenters. The third-order valence-electron chi connectivity index (χ3n) is 1.28. The second-order valence-electron chi connectivity index (χ2n) is 2.26. The number of rotatable bonds is 3. The van der Waals surface area contributed by atoms with Gasteiger partial charge in [0.15, 0.2) is 5.71 Å². The van der Waals surface area contributed by atoms with E-state index in [2.05, 4.69) is 9.99 Å². The molecule has 0 N–H and O–H groups in total. The normalized spacial score (nSPS) is 15.5. The number of nitrogens with zero attached hydrogens (tertiary/aromatic N) is 1. The van der Waals surface area contributed by atoms with E-state index in [1.165, 1.54) is 0 Å². The third kappa shape index (κ3) is 2.22. The molecule has 1 rings (SSSR count).